The van der Waals surface area contributed by atoms with Crippen molar-refractivity contribution in [1.82, 2.24) is 10.6 Å². The van der Waals surface area contributed by atoms with Gasteiger partial charge in [0, 0.05) is 19.7 Å². The second-order valence-electron chi connectivity index (χ2n) is 18.8. The second-order valence-corrected chi connectivity index (χ2v) is 18.8. The number of benzene rings is 6. The van der Waals surface area contributed by atoms with Crippen LogP contribution in [0.4, 0.5) is 34.1 Å². The highest BCUT2D eigenvalue weighted by Crippen LogP contribution is 2.35. The van der Waals surface area contributed by atoms with E-state index in [0.29, 0.717) is 0 Å². The number of unbranched alkanes of at least 4 members (excludes halogenated alkanes) is 4. The fraction of sp³-hybridized carbons (Fsp3) is 0.400. The van der Waals surface area contributed by atoms with Gasteiger partial charge >= 0.3 is 0 Å². The van der Waals surface area contributed by atoms with Gasteiger partial charge in [-0.15, -0.1) is 0 Å². The van der Waals surface area contributed by atoms with Gasteiger partial charge in [0.25, 0.3) is 0 Å². The van der Waals surface area contributed by atoms with Crippen molar-refractivity contribution in [1.29, 1.82) is 0 Å². The van der Waals surface area contributed by atoms with Crippen LogP contribution < -0.4 is 31.5 Å². The van der Waals surface area contributed by atoms with Gasteiger partial charge in [-0.1, -0.05) is 177 Å². The highest BCUT2D eigenvalue weighted by atomic mass is 16.6. The van der Waals surface area contributed by atoms with Crippen LogP contribution in [-0.2, 0) is 10.8 Å². The van der Waals surface area contributed by atoms with Crippen LogP contribution in [0.2, 0.25) is 0 Å². The number of nitrogens with zero attached hydrogens (tertiary/aromatic N) is 6. The fourth-order valence-corrected chi connectivity index (χ4v) is 7.04. The van der Waals surface area contributed by atoms with Crippen LogP contribution in [0.25, 0.3) is 0 Å². The third-order valence-electron chi connectivity index (χ3n) is 10.7. The molecule has 0 aliphatic carbocycles. The summed E-state index contributed by atoms with van der Waals surface area (Å²) in [7, 11) is 11.1. The van der Waals surface area contributed by atoms with Crippen molar-refractivity contribution >= 4 is 34.1 Å². The second kappa shape index (κ2) is 43.2. The molecule has 0 amide bonds. The van der Waals surface area contributed by atoms with Gasteiger partial charge in [-0.3, -0.25) is 61.3 Å². The Morgan fingerprint density at radius 2 is 0.577 bits per heavy atom. The van der Waals surface area contributed by atoms with Gasteiger partial charge in [-0.05, 0) is 136 Å². The highest BCUT2D eigenvalue weighted by molar-refractivity contribution is 5.70. The van der Waals surface area contributed by atoms with Gasteiger partial charge in [0.05, 0.1) is 34.1 Å². The molecule has 0 aliphatic rings. The number of hydrazine groups is 2. The van der Waals surface area contributed by atoms with E-state index in [-0.39, 0.29) is 10.8 Å². The molecule has 0 aliphatic heterocycles. The SMILES string of the molecule is CCCCCC(C)(C)c1ccc(N(Nc2ccccc2)c2ccc(C(C)(C)CCCCC)cc2)cc1.CNC.CNC.C[N+](=O)[O-].C[N+](=O)[O-].C[N+](=O)[O-].C[N+](=O)[O-].c1ccc(NN(c2ccccc2)c2ccccc2)cc1. The van der Waals surface area contributed by atoms with E-state index in [0.717, 1.165) is 62.3 Å². The molecule has 6 aromatic carbocycles. The summed E-state index contributed by atoms with van der Waals surface area (Å²) in [5, 5.41) is 45.0. The van der Waals surface area contributed by atoms with E-state index in [4.69, 9.17) is 40.5 Å². The van der Waals surface area contributed by atoms with E-state index >= 15 is 0 Å². The summed E-state index contributed by atoms with van der Waals surface area (Å²) in [5.74, 6) is 0. The quantitative estimate of drug-likeness (QED) is 0.0357. The average Bonchev–Trinajstić information content (AvgIpc) is 3.39. The molecule has 0 spiro atoms. The zero-order valence-corrected chi connectivity index (χ0v) is 48.8. The summed E-state index contributed by atoms with van der Waals surface area (Å²) in [6.07, 6.45) is 10.2. The molecule has 18 heteroatoms. The van der Waals surface area contributed by atoms with E-state index < -0.39 is 19.7 Å². The molecule has 0 atom stereocenters. The Morgan fingerprint density at radius 3 is 0.795 bits per heavy atom. The van der Waals surface area contributed by atoms with Crippen molar-refractivity contribution in [3.8, 4) is 0 Å². The van der Waals surface area contributed by atoms with Gasteiger partial charge in [0.1, 0.15) is 0 Å². The van der Waals surface area contributed by atoms with Crippen LogP contribution in [0.1, 0.15) is 104 Å². The number of hydrogen-bond acceptors (Lipinski definition) is 14. The summed E-state index contributed by atoms with van der Waals surface area (Å²) in [4.78, 5) is 33.2. The van der Waals surface area contributed by atoms with Crippen LogP contribution in [0.3, 0.4) is 0 Å². The molecule has 0 fully saturated rings. The first-order chi connectivity index (χ1) is 37.0. The lowest BCUT2D eigenvalue weighted by Gasteiger charge is -2.30. The minimum Gasteiger partial charge on any atom is -0.323 e. The molecule has 0 saturated carbocycles. The van der Waals surface area contributed by atoms with Crippen molar-refractivity contribution in [3.05, 3.63) is 221 Å². The smallest absolute Gasteiger partial charge is 0.194 e. The van der Waals surface area contributed by atoms with E-state index in [9.17, 15) is 0 Å². The molecule has 78 heavy (non-hydrogen) atoms. The molecule has 18 nitrogen and oxygen atoms in total. The molecular weight excluding hydrogens is 989 g/mol. The molecule has 6 rings (SSSR count). The lowest BCUT2D eigenvalue weighted by molar-refractivity contribution is -0.445. The van der Waals surface area contributed by atoms with Gasteiger partial charge in [-0.2, -0.15) is 0 Å². The van der Waals surface area contributed by atoms with Crippen molar-refractivity contribution in [3.63, 3.8) is 0 Å². The van der Waals surface area contributed by atoms with E-state index in [1.807, 2.05) is 82.8 Å². The first-order valence-corrected chi connectivity index (χ1v) is 26.0. The maximum Gasteiger partial charge on any atom is 0.194 e. The summed E-state index contributed by atoms with van der Waals surface area (Å²) < 4.78 is 0. The molecule has 0 bridgehead atoms. The van der Waals surface area contributed by atoms with Gasteiger partial charge in [-0.25, -0.2) is 0 Å². The van der Waals surface area contributed by atoms with Crippen LogP contribution in [0.15, 0.2) is 170 Å². The third-order valence-corrected chi connectivity index (χ3v) is 10.7. The highest BCUT2D eigenvalue weighted by Gasteiger charge is 2.22. The molecular formula is C60H90N10O8. The number of anilines is 6. The van der Waals surface area contributed by atoms with Gasteiger partial charge in [0.15, 0.2) is 28.2 Å². The summed E-state index contributed by atoms with van der Waals surface area (Å²) in [6, 6.07) is 59.4. The summed E-state index contributed by atoms with van der Waals surface area (Å²) in [6.45, 7) is 14.0. The first-order valence-electron chi connectivity index (χ1n) is 26.0. The number of hydrogen-bond donors (Lipinski definition) is 4. The normalized spacial score (nSPS) is 9.82. The van der Waals surface area contributed by atoms with E-state index in [1.165, 1.54) is 62.5 Å². The number of nitro groups is 4. The Labute approximate surface area is 465 Å². The Morgan fingerprint density at radius 1 is 0.372 bits per heavy atom. The molecule has 0 radical (unpaired) electrons. The molecule has 0 unspecified atom stereocenters. The lowest BCUT2D eigenvalue weighted by atomic mass is 9.80. The zero-order valence-electron chi connectivity index (χ0n) is 48.8. The first kappa shape index (κ1) is 72.1. The monoisotopic (exact) mass is 1080 g/mol. The Hall–Kier alpha value is -7.96. The van der Waals surface area contributed by atoms with E-state index in [1.54, 1.807) is 0 Å². The van der Waals surface area contributed by atoms with Gasteiger partial charge in [0.2, 0.25) is 0 Å². The topological polar surface area (TPSA) is 227 Å². The van der Waals surface area contributed by atoms with Crippen molar-refractivity contribution in [2.45, 2.75) is 104 Å². The van der Waals surface area contributed by atoms with Crippen molar-refractivity contribution in [2.24, 2.45) is 0 Å². The summed E-state index contributed by atoms with van der Waals surface area (Å²) in [5.41, 5.74) is 16.9. The average molecular weight is 1080 g/mol. The number of nitrogens with one attached hydrogen (secondary N) is 4. The largest absolute Gasteiger partial charge is 0.323 e. The summed E-state index contributed by atoms with van der Waals surface area (Å²) >= 11 is 0. The predicted molar refractivity (Wildman–Crippen MR) is 326 cm³/mol. The van der Waals surface area contributed by atoms with Crippen LogP contribution in [0, 0.1) is 40.5 Å². The molecule has 0 saturated heterocycles. The molecule has 0 heterocycles. The predicted octanol–water partition coefficient (Wildman–Crippen LogP) is 14.7. The van der Waals surface area contributed by atoms with Crippen LogP contribution in [-0.4, -0.2) is 76.1 Å². The Kier molecular flexibility index (Phi) is 39.9. The lowest BCUT2D eigenvalue weighted by Crippen LogP contribution is -2.25. The molecule has 6 aromatic rings. The van der Waals surface area contributed by atoms with Crippen molar-refractivity contribution < 1.29 is 19.7 Å². The Balaban J connectivity index is 0. The zero-order chi connectivity index (χ0) is 59.4. The third kappa shape index (κ3) is 36.1. The van der Waals surface area contributed by atoms with Crippen molar-refractivity contribution in [2.75, 3.05) is 77.3 Å². The maximum atomic E-state index is 8.81. The molecule has 0 aromatic heterocycles. The minimum atomic E-state index is -0.500. The fourth-order valence-electron chi connectivity index (χ4n) is 7.04. The van der Waals surface area contributed by atoms with E-state index in [2.05, 4.69) is 188 Å². The number of para-hydroxylation sites is 4. The van der Waals surface area contributed by atoms with Crippen LogP contribution >= 0.6 is 0 Å². The maximum absolute atomic E-state index is 8.81. The molecule has 428 valence electrons. The van der Waals surface area contributed by atoms with Crippen LogP contribution in [0.5, 0.6) is 0 Å². The minimum absolute atomic E-state index is 0.191. The Bertz CT molecular complexity index is 2270. The molecule has 4 N–H and O–H groups in total. The number of rotatable bonds is 18. The van der Waals surface area contributed by atoms with Gasteiger partial charge < -0.3 is 10.6 Å². The standard InChI is InChI=1S/C34H48N2.C18H16N2.2C2H7N.4CH3NO2/c1-7-9-14-26-33(3,4)28-18-22-31(23-19-28)36(35-30-16-12-11-13-17-30)32-24-20-29(21-25-32)34(5,6)27-15-10-8-2;1-4-10-16(11-5-1)19-20(17-12-6-2-7-13-17)18-14-8-3-9-15-18;2*1-3-2;4*1-2(3)4/h11-13,16-25,35H,7-10,14-15,26-27H2,1-6H3;1-15,19H;2*3H,1-2H3;4*1H3.